The molecule has 0 bridgehead atoms. The van der Waals surface area contributed by atoms with Crippen LogP contribution in [0.2, 0.25) is 0 Å². The van der Waals surface area contributed by atoms with Crippen LogP contribution in [0.3, 0.4) is 0 Å². The highest BCUT2D eigenvalue weighted by Crippen LogP contribution is 2.31. The summed E-state index contributed by atoms with van der Waals surface area (Å²) in [7, 11) is 0. The summed E-state index contributed by atoms with van der Waals surface area (Å²) in [5.74, 6) is -0.825. The number of nitrogens with zero attached hydrogens (tertiary/aromatic N) is 3. The molecule has 3 rings (SSSR count). The van der Waals surface area contributed by atoms with Crippen LogP contribution < -0.4 is 0 Å². The van der Waals surface area contributed by atoms with Crippen LogP contribution in [0.1, 0.15) is 22.3 Å². The molecule has 8 nitrogen and oxygen atoms in total. The summed E-state index contributed by atoms with van der Waals surface area (Å²) in [6, 6.07) is 3.87. The first-order valence-electron chi connectivity index (χ1n) is 8.87. The van der Waals surface area contributed by atoms with Crippen molar-refractivity contribution in [2.24, 2.45) is 0 Å². The predicted molar refractivity (Wildman–Crippen MR) is 106 cm³/mol. The molecule has 2 aromatic rings. The summed E-state index contributed by atoms with van der Waals surface area (Å²) >= 11 is 2.81. The topological polar surface area (TPSA) is 89.0 Å². The van der Waals surface area contributed by atoms with E-state index in [9.17, 15) is 14.4 Å². The zero-order valence-electron chi connectivity index (χ0n) is 15.7. The first-order chi connectivity index (χ1) is 13.5. The number of thiophene rings is 1. The second-order valence-electron chi connectivity index (χ2n) is 6.05. The fourth-order valence-corrected chi connectivity index (χ4v) is 4.49. The molecule has 0 spiro atoms. The van der Waals surface area contributed by atoms with Crippen molar-refractivity contribution in [2.75, 3.05) is 39.4 Å². The van der Waals surface area contributed by atoms with Crippen molar-refractivity contribution in [1.82, 2.24) is 14.8 Å². The minimum absolute atomic E-state index is 0.280. The molecule has 0 radical (unpaired) electrons. The third-order valence-electron chi connectivity index (χ3n) is 4.20. The molecule has 0 aromatic carbocycles. The van der Waals surface area contributed by atoms with E-state index in [-0.39, 0.29) is 18.6 Å². The number of esters is 1. The Morgan fingerprint density at radius 1 is 1.14 bits per heavy atom. The lowest BCUT2D eigenvalue weighted by molar-refractivity contribution is -0.136. The highest BCUT2D eigenvalue weighted by atomic mass is 32.1. The largest absolute Gasteiger partial charge is 0.451 e. The Balaban J connectivity index is 1.50. The Morgan fingerprint density at radius 3 is 2.50 bits per heavy atom. The number of aryl methyl sites for hydroxylation is 1. The lowest BCUT2D eigenvalue weighted by atomic mass is 10.3. The van der Waals surface area contributed by atoms with Gasteiger partial charge in [-0.1, -0.05) is 6.07 Å². The van der Waals surface area contributed by atoms with E-state index in [0.29, 0.717) is 43.4 Å². The second-order valence-corrected chi connectivity index (χ2v) is 8.00. The lowest BCUT2D eigenvalue weighted by Gasteiger charge is -2.33. The zero-order chi connectivity index (χ0) is 20.1. The van der Waals surface area contributed by atoms with E-state index < -0.39 is 5.97 Å². The van der Waals surface area contributed by atoms with Crippen molar-refractivity contribution in [3.05, 3.63) is 28.1 Å². The normalized spacial score (nSPS) is 14.1. The van der Waals surface area contributed by atoms with E-state index in [4.69, 9.17) is 9.47 Å². The Morgan fingerprint density at radius 2 is 1.86 bits per heavy atom. The molecule has 0 N–H and O–H groups in total. The minimum Gasteiger partial charge on any atom is -0.451 e. The number of carbonyl (C=O) groups is 3. The van der Waals surface area contributed by atoms with Crippen LogP contribution >= 0.6 is 22.7 Å². The van der Waals surface area contributed by atoms with E-state index in [1.807, 2.05) is 17.5 Å². The van der Waals surface area contributed by atoms with Gasteiger partial charge in [-0.05, 0) is 25.3 Å². The van der Waals surface area contributed by atoms with E-state index in [1.165, 1.54) is 11.3 Å². The van der Waals surface area contributed by atoms with Crippen LogP contribution in [0, 0.1) is 6.92 Å². The first-order valence-corrected chi connectivity index (χ1v) is 10.6. The maximum Gasteiger partial charge on any atom is 0.409 e. The third-order valence-corrected chi connectivity index (χ3v) is 6.38. The molecule has 0 atom stereocenters. The Kier molecular flexibility index (Phi) is 6.63. The number of rotatable bonds is 5. The molecule has 150 valence electrons. The predicted octanol–water partition coefficient (Wildman–Crippen LogP) is 2.64. The third kappa shape index (κ3) is 4.68. The van der Waals surface area contributed by atoms with Gasteiger partial charge in [0.2, 0.25) is 0 Å². The van der Waals surface area contributed by atoms with E-state index >= 15 is 0 Å². The summed E-state index contributed by atoms with van der Waals surface area (Å²) in [5, 5.41) is 2.71. The molecule has 2 aromatic heterocycles. The van der Waals surface area contributed by atoms with E-state index in [2.05, 4.69) is 4.98 Å². The van der Waals surface area contributed by atoms with Crippen molar-refractivity contribution in [2.45, 2.75) is 13.8 Å². The summed E-state index contributed by atoms with van der Waals surface area (Å²) in [6.07, 6.45) is -0.372. The highest BCUT2D eigenvalue weighted by molar-refractivity contribution is 7.22. The molecule has 10 heteroatoms. The van der Waals surface area contributed by atoms with Gasteiger partial charge in [0.15, 0.2) is 6.61 Å². The second kappa shape index (κ2) is 9.16. The minimum atomic E-state index is -0.545. The monoisotopic (exact) mass is 423 g/mol. The number of ether oxygens (including phenoxy) is 2. The molecule has 1 aliphatic heterocycles. The first kappa shape index (κ1) is 20.3. The van der Waals surface area contributed by atoms with E-state index in [0.717, 1.165) is 9.88 Å². The van der Waals surface area contributed by atoms with Crippen molar-refractivity contribution >= 4 is 40.6 Å². The van der Waals surface area contributed by atoms with E-state index in [1.54, 1.807) is 35.0 Å². The Labute approximate surface area is 170 Å². The molecule has 1 saturated heterocycles. The maximum absolute atomic E-state index is 12.4. The van der Waals surface area contributed by atoms with Crippen LogP contribution in [0.5, 0.6) is 0 Å². The van der Waals surface area contributed by atoms with Gasteiger partial charge in [-0.15, -0.1) is 22.7 Å². The van der Waals surface area contributed by atoms with Gasteiger partial charge in [-0.25, -0.2) is 14.6 Å². The number of thiazole rings is 1. The smallest absolute Gasteiger partial charge is 0.409 e. The molecule has 3 heterocycles. The van der Waals surface area contributed by atoms with Crippen LogP contribution in [0.4, 0.5) is 4.79 Å². The average Bonchev–Trinajstić information content (AvgIpc) is 3.36. The molecular weight excluding hydrogens is 402 g/mol. The van der Waals surface area contributed by atoms with Crippen molar-refractivity contribution in [3.63, 3.8) is 0 Å². The van der Waals surface area contributed by atoms with Gasteiger partial charge in [0.1, 0.15) is 9.88 Å². The van der Waals surface area contributed by atoms with Crippen molar-refractivity contribution < 1.29 is 23.9 Å². The lowest BCUT2D eigenvalue weighted by Crippen LogP contribution is -2.51. The molecule has 0 unspecified atom stereocenters. The van der Waals surface area contributed by atoms with Gasteiger partial charge in [-0.3, -0.25) is 4.79 Å². The fourth-order valence-electron chi connectivity index (χ4n) is 2.73. The van der Waals surface area contributed by atoms with Gasteiger partial charge in [0.25, 0.3) is 5.91 Å². The number of aromatic nitrogens is 1. The average molecular weight is 424 g/mol. The fraction of sp³-hybridized carbons (Fsp3) is 0.444. The number of hydrogen-bond acceptors (Lipinski definition) is 8. The zero-order valence-corrected chi connectivity index (χ0v) is 17.3. The van der Waals surface area contributed by atoms with Crippen LogP contribution in [-0.4, -0.2) is 72.1 Å². The number of amides is 2. The standard InChI is InChI=1S/C18H21N3O5S2/c1-3-25-18(24)21-8-6-20(7-9-21)14(22)11-26-17(23)15-12(2)19-16(28-15)13-5-4-10-27-13/h4-5,10H,3,6-9,11H2,1-2H3. The molecular formula is C18H21N3O5S2. The molecule has 28 heavy (non-hydrogen) atoms. The van der Waals surface area contributed by atoms with Crippen molar-refractivity contribution in [3.8, 4) is 9.88 Å². The number of piperazine rings is 1. The molecule has 2 amide bonds. The van der Waals surface area contributed by atoms with Crippen LogP contribution in [0.25, 0.3) is 9.88 Å². The number of carbonyl (C=O) groups excluding carboxylic acids is 3. The van der Waals surface area contributed by atoms with Crippen LogP contribution in [-0.2, 0) is 14.3 Å². The quantitative estimate of drug-likeness (QED) is 0.687. The summed E-state index contributed by atoms with van der Waals surface area (Å²) < 4.78 is 10.2. The Bertz CT molecular complexity index is 842. The molecule has 0 aliphatic carbocycles. The van der Waals surface area contributed by atoms with Gasteiger partial charge in [0, 0.05) is 26.2 Å². The van der Waals surface area contributed by atoms with Gasteiger partial charge < -0.3 is 19.3 Å². The number of hydrogen-bond donors (Lipinski definition) is 0. The van der Waals surface area contributed by atoms with Crippen molar-refractivity contribution in [1.29, 1.82) is 0 Å². The molecule has 0 saturated carbocycles. The maximum atomic E-state index is 12.4. The summed E-state index contributed by atoms with van der Waals surface area (Å²) in [5.41, 5.74) is 0.592. The highest BCUT2D eigenvalue weighted by Gasteiger charge is 2.26. The van der Waals surface area contributed by atoms with Gasteiger partial charge >= 0.3 is 12.1 Å². The Hall–Kier alpha value is -2.46. The van der Waals surface area contributed by atoms with Gasteiger partial charge in [0.05, 0.1) is 17.2 Å². The SMILES string of the molecule is CCOC(=O)N1CCN(C(=O)COC(=O)c2sc(-c3cccs3)nc2C)CC1. The summed E-state index contributed by atoms with van der Waals surface area (Å²) in [4.78, 5) is 45.3. The molecule has 1 fully saturated rings. The van der Waals surface area contributed by atoms with Crippen LogP contribution in [0.15, 0.2) is 17.5 Å². The van der Waals surface area contributed by atoms with Gasteiger partial charge in [-0.2, -0.15) is 0 Å². The summed E-state index contributed by atoms with van der Waals surface area (Å²) in [6.45, 7) is 5.06. The molecule has 1 aliphatic rings.